The Morgan fingerprint density at radius 2 is 1.90 bits per heavy atom. The summed E-state index contributed by atoms with van der Waals surface area (Å²) in [5.74, 6) is 4.94. The van der Waals surface area contributed by atoms with Gasteiger partial charge in [0.15, 0.2) is 0 Å². The van der Waals surface area contributed by atoms with Crippen LogP contribution in [0.2, 0.25) is 5.02 Å². The molecule has 0 saturated carbocycles. The summed E-state index contributed by atoms with van der Waals surface area (Å²) in [5, 5.41) is 0.459. The lowest BCUT2D eigenvalue weighted by Crippen LogP contribution is -2.10. The second-order valence-electron chi connectivity index (χ2n) is 4.21. The van der Waals surface area contributed by atoms with Gasteiger partial charge in [0.05, 0.1) is 17.0 Å². The number of anilines is 1. The van der Waals surface area contributed by atoms with Gasteiger partial charge in [-0.15, -0.1) is 0 Å². The molecule has 2 rings (SSSR count). The molecule has 0 amide bonds. The number of nitrogens with zero attached hydrogens (tertiary/aromatic N) is 1. The summed E-state index contributed by atoms with van der Waals surface area (Å²) in [6.07, 6.45) is 3.97. The van der Waals surface area contributed by atoms with Gasteiger partial charge in [-0.25, -0.2) is 12.8 Å². The van der Waals surface area contributed by atoms with Gasteiger partial charge in [0.25, 0.3) is 0 Å². The summed E-state index contributed by atoms with van der Waals surface area (Å²) < 4.78 is 37.9. The summed E-state index contributed by atoms with van der Waals surface area (Å²) in [7, 11) is -3.55. The van der Waals surface area contributed by atoms with E-state index >= 15 is 0 Å². The lowest BCUT2D eigenvalue weighted by atomic mass is 10.2. The van der Waals surface area contributed by atoms with Crippen molar-refractivity contribution in [1.82, 2.24) is 4.98 Å². The van der Waals surface area contributed by atoms with E-state index in [1.54, 1.807) is 6.07 Å². The molecule has 1 aromatic heterocycles. The molecule has 0 atom stereocenters. The molecule has 0 aliphatic heterocycles. The van der Waals surface area contributed by atoms with Crippen molar-refractivity contribution in [2.24, 2.45) is 0 Å². The van der Waals surface area contributed by atoms with Crippen molar-refractivity contribution >= 4 is 27.3 Å². The number of rotatable bonds is 2. The van der Waals surface area contributed by atoms with E-state index in [1.165, 1.54) is 24.5 Å². The zero-order chi connectivity index (χ0) is 15.5. The Hall–Kier alpha value is -2.10. The molecule has 21 heavy (non-hydrogen) atoms. The fourth-order valence-electron chi connectivity index (χ4n) is 1.51. The molecule has 2 aromatic rings. The van der Waals surface area contributed by atoms with Gasteiger partial charge >= 0.3 is 0 Å². The number of benzene rings is 1. The van der Waals surface area contributed by atoms with E-state index in [9.17, 15) is 12.8 Å². The smallest absolute Gasteiger partial charge is 0.229 e. The summed E-state index contributed by atoms with van der Waals surface area (Å²) in [5.41, 5.74) is 0.917. The van der Waals surface area contributed by atoms with E-state index in [0.717, 1.165) is 12.3 Å². The molecule has 1 aromatic carbocycles. The first-order valence-electron chi connectivity index (χ1n) is 5.73. The molecule has 108 valence electrons. The number of hydrogen-bond donors (Lipinski definition) is 1. The Balaban J connectivity index is 2.32. The minimum atomic E-state index is -3.55. The third-order valence-corrected chi connectivity index (χ3v) is 3.12. The number of sulfonamides is 1. The van der Waals surface area contributed by atoms with Crippen LogP contribution in [0.15, 0.2) is 36.7 Å². The highest BCUT2D eigenvalue weighted by Crippen LogP contribution is 2.17. The number of nitrogens with one attached hydrogen (secondary N) is 1. The van der Waals surface area contributed by atoms with Crippen molar-refractivity contribution in [2.75, 3.05) is 11.0 Å². The zero-order valence-corrected chi connectivity index (χ0v) is 12.5. The fraction of sp³-hybridized carbons (Fsp3) is 0.0714. The maximum atomic E-state index is 13.5. The van der Waals surface area contributed by atoms with Gasteiger partial charge in [-0.2, -0.15) is 0 Å². The number of aromatic nitrogens is 1. The standard InChI is InChI=1S/C14H10ClFN2O2S/c1-21(19,20)18-14-7-10(4-5-13(14)16)2-3-11-6-12(15)9-17-8-11/h4-9,18H,1H3. The molecule has 0 unspecified atom stereocenters. The Morgan fingerprint density at radius 3 is 2.57 bits per heavy atom. The largest absolute Gasteiger partial charge is 0.281 e. The van der Waals surface area contributed by atoms with E-state index in [0.29, 0.717) is 16.1 Å². The first kappa shape index (κ1) is 15.3. The highest BCUT2D eigenvalue weighted by atomic mass is 35.5. The molecule has 7 heteroatoms. The van der Waals surface area contributed by atoms with Crippen LogP contribution >= 0.6 is 11.6 Å². The van der Waals surface area contributed by atoms with Crippen molar-refractivity contribution in [3.63, 3.8) is 0 Å². The lowest BCUT2D eigenvalue weighted by Gasteiger charge is -2.05. The first-order valence-corrected chi connectivity index (χ1v) is 8.00. The summed E-state index contributed by atoms with van der Waals surface area (Å²) >= 11 is 5.79. The predicted molar refractivity (Wildman–Crippen MR) is 80.1 cm³/mol. The molecule has 0 aliphatic rings. The van der Waals surface area contributed by atoms with Crippen LogP contribution in [0.1, 0.15) is 11.1 Å². The quantitative estimate of drug-likeness (QED) is 0.864. The summed E-state index contributed by atoms with van der Waals surface area (Å²) in [6, 6.07) is 5.56. The Kier molecular flexibility index (Phi) is 4.46. The third kappa shape index (κ3) is 4.74. The van der Waals surface area contributed by atoms with Gasteiger partial charge in [0.1, 0.15) is 5.82 Å². The molecule has 0 radical (unpaired) electrons. The SMILES string of the molecule is CS(=O)(=O)Nc1cc(C#Cc2cncc(Cl)c2)ccc1F. The van der Waals surface area contributed by atoms with Gasteiger partial charge in [0.2, 0.25) is 10.0 Å². The molecule has 0 saturated heterocycles. The van der Waals surface area contributed by atoms with Gasteiger partial charge in [-0.05, 0) is 24.3 Å². The fourth-order valence-corrected chi connectivity index (χ4v) is 2.24. The van der Waals surface area contributed by atoms with Crippen LogP contribution in [0.4, 0.5) is 10.1 Å². The van der Waals surface area contributed by atoms with Crippen molar-refractivity contribution in [1.29, 1.82) is 0 Å². The van der Waals surface area contributed by atoms with E-state index in [1.807, 2.05) is 0 Å². The van der Waals surface area contributed by atoms with Crippen molar-refractivity contribution < 1.29 is 12.8 Å². The highest BCUT2D eigenvalue weighted by molar-refractivity contribution is 7.92. The van der Waals surface area contributed by atoms with Gasteiger partial charge < -0.3 is 0 Å². The molecule has 0 spiro atoms. The maximum Gasteiger partial charge on any atom is 0.229 e. The average Bonchev–Trinajstić information content (AvgIpc) is 2.38. The van der Waals surface area contributed by atoms with Crippen LogP contribution in [0.25, 0.3) is 0 Å². The zero-order valence-electron chi connectivity index (χ0n) is 10.9. The number of pyridine rings is 1. The maximum absolute atomic E-state index is 13.5. The van der Waals surface area contributed by atoms with Crippen LogP contribution in [0, 0.1) is 17.7 Å². The molecule has 0 aliphatic carbocycles. The highest BCUT2D eigenvalue weighted by Gasteiger charge is 2.07. The second kappa shape index (κ2) is 6.12. The Bertz CT molecular complexity index is 842. The van der Waals surface area contributed by atoms with E-state index in [2.05, 4.69) is 21.5 Å². The molecular weight excluding hydrogens is 315 g/mol. The van der Waals surface area contributed by atoms with Crippen LogP contribution in [0.5, 0.6) is 0 Å². The van der Waals surface area contributed by atoms with Crippen LogP contribution in [0.3, 0.4) is 0 Å². The molecule has 1 heterocycles. The monoisotopic (exact) mass is 324 g/mol. The van der Waals surface area contributed by atoms with Crippen molar-refractivity contribution in [3.05, 3.63) is 58.6 Å². The molecule has 4 nitrogen and oxygen atoms in total. The second-order valence-corrected chi connectivity index (χ2v) is 6.40. The van der Waals surface area contributed by atoms with Crippen molar-refractivity contribution in [3.8, 4) is 11.8 Å². The van der Waals surface area contributed by atoms with Crippen molar-refractivity contribution in [2.45, 2.75) is 0 Å². The topological polar surface area (TPSA) is 59.1 Å². The molecule has 1 N–H and O–H groups in total. The molecule has 0 bridgehead atoms. The van der Waals surface area contributed by atoms with Gasteiger partial charge in [0, 0.05) is 23.5 Å². The van der Waals surface area contributed by atoms with Crippen LogP contribution in [-0.2, 0) is 10.0 Å². The Labute approximate surface area is 127 Å². The van der Waals surface area contributed by atoms with E-state index < -0.39 is 15.8 Å². The summed E-state index contributed by atoms with van der Waals surface area (Å²) in [4.78, 5) is 3.89. The predicted octanol–water partition coefficient (Wildman–Crippen LogP) is 2.65. The number of halogens is 2. The summed E-state index contributed by atoms with van der Waals surface area (Å²) in [6.45, 7) is 0. The van der Waals surface area contributed by atoms with Crippen LogP contribution in [-0.4, -0.2) is 19.7 Å². The lowest BCUT2D eigenvalue weighted by molar-refractivity contribution is 0.603. The average molecular weight is 325 g/mol. The Morgan fingerprint density at radius 1 is 1.19 bits per heavy atom. The normalized spacial score (nSPS) is 10.6. The number of hydrogen-bond acceptors (Lipinski definition) is 3. The van der Waals surface area contributed by atoms with Gasteiger partial charge in [-0.3, -0.25) is 9.71 Å². The van der Waals surface area contributed by atoms with Gasteiger partial charge in [-0.1, -0.05) is 23.4 Å². The minimum absolute atomic E-state index is 0.145. The van der Waals surface area contributed by atoms with E-state index in [4.69, 9.17) is 11.6 Å². The van der Waals surface area contributed by atoms with Crippen LogP contribution < -0.4 is 4.72 Å². The first-order chi connectivity index (χ1) is 9.83. The molecule has 0 fully saturated rings. The minimum Gasteiger partial charge on any atom is -0.281 e. The third-order valence-electron chi connectivity index (χ3n) is 2.32. The molecular formula is C14H10ClFN2O2S. The van der Waals surface area contributed by atoms with E-state index in [-0.39, 0.29) is 5.69 Å².